The highest BCUT2D eigenvalue weighted by atomic mass is 32.1. The van der Waals surface area contributed by atoms with E-state index in [0.717, 1.165) is 20.7 Å². The number of aryl methyl sites for hydroxylation is 1. The first-order chi connectivity index (χ1) is 9.65. The molecule has 0 saturated heterocycles. The monoisotopic (exact) mass is 287 g/mol. The zero-order chi connectivity index (χ0) is 14.1. The summed E-state index contributed by atoms with van der Waals surface area (Å²) in [6, 6.07) is 9.20. The summed E-state index contributed by atoms with van der Waals surface area (Å²) in [5.74, 6) is 1.24. The number of nitrogens with two attached hydrogens (primary N) is 1. The van der Waals surface area contributed by atoms with Crippen molar-refractivity contribution in [3.05, 3.63) is 40.8 Å². The Kier molecular flexibility index (Phi) is 3.25. The van der Waals surface area contributed by atoms with Gasteiger partial charge < -0.3 is 15.6 Å². The van der Waals surface area contributed by atoms with Gasteiger partial charge in [-0.2, -0.15) is 4.98 Å². The van der Waals surface area contributed by atoms with Crippen LogP contribution >= 0.6 is 11.3 Å². The molecule has 0 fully saturated rings. The Morgan fingerprint density at radius 1 is 1.30 bits per heavy atom. The number of anilines is 1. The van der Waals surface area contributed by atoms with Crippen LogP contribution in [-0.2, 0) is 6.61 Å². The number of aromatic nitrogens is 2. The van der Waals surface area contributed by atoms with Crippen LogP contribution in [0.1, 0.15) is 10.4 Å². The van der Waals surface area contributed by atoms with Gasteiger partial charge in [-0.15, -0.1) is 11.3 Å². The maximum absolute atomic E-state index is 9.15. The predicted octanol–water partition coefficient (Wildman–Crippen LogP) is 2.87. The Morgan fingerprint density at radius 2 is 2.15 bits per heavy atom. The molecule has 1 aromatic carbocycles. The first-order valence-electron chi connectivity index (χ1n) is 6.07. The molecule has 6 heteroatoms. The van der Waals surface area contributed by atoms with E-state index in [4.69, 9.17) is 15.6 Å². The second kappa shape index (κ2) is 5.07. The number of thiophene rings is 1. The number of aliphatic hydroxyl groups is 1. The normalized spacial score (nSPS) is 10.9. The number of nitrogens with zero attached hydrogens (tertiary/aromatic N) is 2. The van der Waals surface area contributed by atoms with Gasteiger partial charge in [0.05, 0.1) is 12.0 Å². The van der Waals surface area contributed by atoms with Crippen molar-refractivity contribution < 1.29 is 9.84 Å². The molecule has 0 aliphatic heterocycles. The van der Waals surface area contributed by atoms with Crippen LogP contribution in [0.25, 0.3) is 10.2 Å². The lowest BCUT2D eigenvalue weighted by molar-refractivity contribution is 0.281. The molecule has 0 aliphatic carbocycles. The number of rotatable bonds is 3. The van der Waals surface area contributed by atoms with Crippen LogP contribution < -0.4 is 10.5 Å². The molecule has 0 radical (unpaired) electrons. The molecule has 2 aromatic heterocycles. The predicted molar refractivity (Wildman–Crippen MR) is 79.0 cm³/mol. The fraction of sp³-hybridized carbons (Fsp3) is 0.143. The third-order valence-corrected chi connectivity index (χ3v) is 3.74. The fourth-order valence-electron chi connectivity index (χ4n) is 1.93. The zero-order valence-corrected chi connectivity index (χ0v) is 11.6. The van der Waals surface area contributed by atoms with Crippen molar-refractivity contribution >= 4 is 27.5 Å². The minimum Gasteiger partial charge on any atom is -0.438 e. The molecule has 0 unspecified atom stereocenters. The summed E-state index contributed by atoms with van der Waals surface area (Å²) in [7, 11) is 0. The molecule has 0 amide bonds. The van der Waals surface area contributed by atoms with E-state index in [2.05, 4.69) is 9.97 Å². The smallest absolute Gasteiger partial charge is 0.232 e. The lowest BCUT2D eigenvalue weighted by Gasteiger charge is -2.07. The Bertz CT molecular complexity index is 770. The minimum absolute atomic E-state index is 0.0317. The molecule has 0 atom stereocenters. The molecule has 20 heavy (non-hydrogen) atoms. The number of hydrogen-bond acceptors (Lipinski definition) is 6. The van der Waals surface area contributed by atoms with Gasteiger partial charge in [0, 0.05) is 4.88 Å². The van der Waals surface area contributed by atoms with E-state index in [1.165, 1.54) is 0 Å². The Hall–Kier alpha value is -2.18. The molecule has 3 N–H and O–H groups in total. The third kappa shape index (κ3) is 2.43. The maximum atomic E-state index is 9.15. The van der Waals surface area contributed by atoms with E-state index >= 15 is 0 Å². The number of ether oxygens (including phenoxy) is 1. The van der Waals surface area contributed by atoms with Crippen molar-refractivity contribution in [2.45, 2.75) is 13.5 Å². The van der Waals surface area contributed by atoms with Crippen molar-refractivity contribution in [3.8, 4) is 11.6 Å². The van der Waals surface area contributed by atoms with Gasteiger partial charge in [-0.05, 0) is 30.7 Å². The molecule has 3 aromatic rings. The van der Waals surface area contributed by atoms with Gasteiger partial charge in [-0.25, -0.2) is 4.98 Å². The lowest BCUT2D eigenvalue weighted by atomic mass is 10.2. The van der Waals surface area contributed by atoms with Crippen LogP contribution in [0.2, 0.25) is 0 Å². The molecule has 102 valence electrons. The minimum atomic E-state index is -0.0317. The van der Waals surface area contributed by atoms with E-state index < -0.39 is 0 Å². The molecule has 0 spiro atoms. The number of fused-ring (bicyclic) bond motifs is 1. The van der Waals surface area contributed by atoms with Gasteiger partial charge in [-0.1, -0.05) is 12.1 Å². The molecule has 0 bridgehead atoms. The SMILES string of the molecule is Cc1cc2c(Oc3cccc(CO)c3)nc(N)nc2s1. The highest BCUT2D eigenvalue weighted by molar-refractivity contribution is 7.18. The second-order valence-electron chi connectivity index (χ2n) is 4.37. The van der Waals surface area contributed by atoms with Crippen LogP contribution in [0.4, 0.5) is 5.95 Å². The first-order valence-corrected chi connectivity index (χ1v) is 6.88. The summed E-state index contributed by atoms with van der Waals surface area (Å²) in [6.45, 7) is 1.97. The molecular formula is C14H13N3O2S. The van der Waals surface area contributed by atoms with Gasteiger partial charge >= 0.3 is 0 Å². The lowest BCUT2D eigenvalue weighted by Crippen LogP contribution is -1.97. The number of benzene rings is 1. The fourth-order valence-corrected chi connectivity index (χ4v) is 2.81. The van der Waals surface area contributed by atoms with E-state index in [-0.39, 0.29) is 12.6 Å². The van der Waals surface area contributed by atoms with Gasteiger partial charge in [0.2, 0.25) is 11.8 Å². The Balaban J connectivity index is 2.05. The molecule has 3 rings (SSSR count). The highest BCUT2D eigenvalue weighted by Crippen LogP contribution is 2.33. The average molecular weight is 287 g/mol. The number of hydrogen-bond donors (Lipinski definition) is 2. The quantitative estimate of drug-likeness (QED) is 0.774. The van der Waals surface area contributed by atoms with E-state index in [9.17, 15) is 0 Å². The summed E-state index contributed by atoms with van der Waals surface area (Å²) in [4.78, 5) is 10.3. The maximum Gasteiger partial charge on any atom is 0.232 e. The first kappa shape index (κ1) is 12.8. The summed E-state index contributed by atoms with van der Waals surface area (Å²) in [5.41, 5.74) is 6.49. The van der Waals surface area contributed by atoms with E-state index in [1.54, 1.807) is 17.4 Å². The summed E-state index contributed by atoms with van der Waals surface area (Å²) in [5, 5.41) is 9.99. The van der Waals surface area contributed by atoms with Gasteiger partial charge in [0.25, 0.3) is 0 Å². The van der Waals surface area contributed by atoms with E-state index in [0.29, 0.717) is 11.6 Å². The van der Waals surface area contributed by atoms with Crippen LogP contribution in [0.5, 0.6) is 11.6 Å². The van der Waals surface area contributed by atoms with Crippen molar-refractivity contribution in [3.63, 3.8) is 0 Å². The Morgan fingerprint density at radius 3 is 2.95 bits per heavy atom. The summed E-state index contributed by atoms with van der Waals surface area (Å²) < 4.78 is 5.79. The van der Waals surface area contributed by atoms with Gasteiger partial charge in [-0.3, -0.25) is 0 Å². The zero-order valence-electron chi connectivity index (χ0n) is 10.8. The van der Waals surface area contributed by atoms with Crippen LogP contribution in [-0.4, -0.2) is 15.1 Å². The highest BCUT2D eigenvalue weighted by Gasteiger charge is 2.11. The van der Waals surface area contributed by atoms with Crippen molar-refractivity contribution in [2.24, 2.45) is 0 Å². The number of nitrogen functional groups attached to an aromatic ring is 1. The largest absolute Gasteiger partial charge is 0.438 e. The van der Waals surface area contributed by atoms with Crippen LogP contribution in [0, 0.1) is 6.92 Å². The van der Waals surface area contributed by atoms with Crippen molar-refractivity contribution in [2.75, 3.05) is 5.73 Å². The summed E-state index contributed by atoms with van der Waals surface area (Å²) >= 11 is 1.55. The molecular weight excluding hydrogens is 274 g/mol. The van der Waals surface area contributed by atoms with Crippen LogP contribution in [0.15, 0.2) is 30.3 Å². The Labute approximate surface area is 119 Å². The summed E-state index contributed by atoms with van der Waals surface area (Å²) in [6.07, 6.45) is 0. The molecule has 0 saturated carbocycles. The second-order valence-corrected chi connectivity index (χ2v) is 5.61. The topological polar surface area (TPSA) is 81.3 Å². The van der Waals surface area contributed by atoms with E-state index in [1.807, 2.05) is 31.2 Å². The van der Waals surface area contributed by atoms with Gasteiger partial charge in [0.1, 0.15) is 10.6 Å². The van der Waals surface area contributed by atoms with Crippen molar-refractivity contribution in [1.82, 2.24) is 9.97 Å². The standard InChI is InChI=1S/C14H13N3O2S/c1-8-5-11-12(16-14(15)17-13(11)20-8)19-10-4-2-3-9(6-10)7-18/h2-6,18H,7H2,1H3,(H2,15,16,17). The molecule has 0 aliphatic rings. The number of aliphatic hydroxyl groups excluding tert-OH is 1. The third-order valence-electron chi connectivity index (χ3n) is 2.79. The van der Waals surface area contributed by atoms with Crippen molar-refractivity contribution in [1.29, 1.82) is 0 Å². The average Bonchev–Trinajstić information content (AvgIpc) is 2.79. The van der Waals surface area contributed by atoms with Crippen LogP contribution in [0.3, 0.4) is 0 Å². The molecule has 2 heterocycles. The molecule has 5 nitrogen and oxygen atoms in total. The van der Waals surface area contributed by atoms with Gasteiger partial charge in [0.15, 0.2) is 0 Å².